The van der Waals surface area contributed by atoms with Gasteiger partial charge in [0, 0.05) is 12.1 Å². The van der Waals surface area contributed by atoms with Crippen molar-refractivity contribution >= 4 is 27.6 Å². The molecule has 0 saturated carbocycles. The number of sulfonamides is 1. The van der Waals surface area contributed by atoms with Gasteiger partial charge in [-0.1, -0.05) is 18.2 Å². The van der Waals surface area contributed by atoms with Crippen molar-refractivity contribution in [2.75, 3.05) is 12.4 Å². The van der Waals surface area contributed by atoms with E-state index in [1.807, 2.05) is 0 Å². The molecule has 144 valence electrons. The van der Waals surface area contributed by atoms with E-state index in [2.05, 4.69) is 10.0 Å². The topological polar surface area (TPSA) is 113 Å². The van der Waals surface area contributed by atoms with Gasteiger partial charge in [0.05, 0.1) is 10.5 Å². The molecule has 0 aliphatic rings. The number of aromatic carboxylic acids is 1. The highest BCUT2D eigenvalue weighted by atomic mass is 32.2. The first-order valence-corrected chi connectivity index (χ1v) is 9.79. The Morgan fingerprint density at radius 3 is 2.22 bits per heavy atom. The molecule has 1 amide bonds. The molecule has 0 radical (unpaired) electrons. The number of carboxylic acid groups (broad SMARTS) is 1. The Bertz CT molecular complexity index is 966. The van der Waals surface area contributed by atoms with Crippen LogP contribution in [-0.2, 0) is 21.2 Å². The van der Waals surface area contributed by atoms with Gasteiger partial charge in [-0.25, -0.2) is 17.9 Å². The van der Waals surface area contributed by atoms with Gasteiger partial charge < -0.3 is 10.4 Å². The zero-order valence-electron chi connectivity index (χ0n) is 15.4. The largest absolute Gasteiger partial charge is 0.478 e. The first-order chi connectivity index (χ1) is 12.6. The van der Waals surface area contributed by atoms with Gasteiger partial charge in [-0.15, -0.1) is 0 Å². The molecule has 0 spiro atoms. The molecule has 2 aromatic carbocycles. The molecule has 3 N–H and O–H groups in total. The van der Waals surface area contributed by atoms with Gasteiger partial charge in [0.1, 0.15) is 0 Å². The lowest BCUT2D eigenvalue weighted by Crippen LogP contribution is -2.18. The zero-order valence-corrected chi connectivity index (χ0v) is 16.2. The van der Waals surface area contributed by atoms with Crippen LogP contribution >= 0.6 is 0 Å². The van der Waals surface area contributed by atoms with Gasteiger partial charge in [0.25, 0.3) is 0 Å². The highest BCUT2D eigenvalue weighted by Gasteiger charge is 2.13. The highest BCUT2D eigenvalue weighted by molar-refractivity contribution is 7.89. The van der Waals surface area contributed by atoms with Crippen molar-refractivity contribution < 1.29 is 23.1 Å². The smallest absolute Gasteiger partial charge is 0.336 e. The Morgan fingerprint density at radius 1 is 1.04 bits per heavy atom. The number of benzene rings is 2. The van der Waals surface area contributed by atoms with Crippen LogP contribution in [0.5, 0.6) is 0 Å². The number of nitrogens with one attached hydrogen (secondary N) is 2. The first kappa shape index (κ1) is 20.6. The Balaban J connectivity index is 2.03. The summed E-state index contributed by atoms with van der Waals surface area (Å²) in [6.07, 6.45) is 0.621. The summed E-state index contributed by atoms with van der Waals surface area (Å²) in [5.74, 6) is -1.29. The number of carboxylic acids is 1. The van der Waals surface area contributed by atoms with E-state index in [-0.39, 0.29) is 22.8 Å². The molecule has 0 saturated heterocycles. The average Bonchev–Trinajstić information content (AvgIpc) is 2.62. The Labute approximate surface area is 158 Å². The maximum absolute atomic E-state index is 12.2. The van der Waals surface area contributed by atoms with Crippen molar-refractivity contribution in [3.05, 3.63) is 58.7 Å². The first-order valence-electron chi connectivity index (χ1n) is 8.31. The van der Waals surface area contributed by atoms with Crippen molar-refractivity contribution in [3.8, 4) is 0 Å². The lowest BCUT2D eigenvalue weighted by molar-refractivity contribution is -0.116. The predicted molar refractivity (Wildman–Crippen MR) is 103 cm³/mol. The van der Waals surface area contributed by atoms with Crippen molar-refractivity contribution in [3.63, 3.8) is 0 Å². The third-order valence-electron chi connectivity index (χ3n) is 4.22. The molecule has 0 aliphatic heterocycles. The number of amides is 1. The number of carbonyl (C=O) groups is 2. The summed E-state index contributed by atoms with van der Waals surface area (Å²) in [6, 6.07) is 9.49. The van der Waals surface area contributed by atoms with Crippen molar-refractivity contribution in [1.82, 2.24) is 4.72 Å². The SMILES string of the molecule is CNS(=O)(=O)c1ccc(CCC(=O)Nc2cc(C(=O)O)c(C)cc2C)cc1. The molecule has 7 nitrogen and oxygen atoms in total. The molecule has 0 fully saturated rings. The van der Waals surface area contributed by atoms with E-state index < -0.39 is 16.0 Å². The third-order valence-corrected chi connectivity index (χ3v) is 5.65. The van der Waals surface area contributed by atoms with E-state index in [4.69, 9.17) is 0 Å². The second kappa shape index (κ2) is 8.32. The van der Waals surface area contributed by atoms with E-state index in [1.54, 1.807) is 32.0 Å². The third kappa shape index (κ3) is 5.15. The Hall–Kier alpha value is -2.71. The van der Waals surface area contributed by atoms with Gasteiger partial charge in [0.2, 0.25) is 15.9 Å². The van der Waals surface area contributed by atoms with Crippen LogP contribution in [-0.4, -0.2) is 32.4 Å². The van der Waals surface area contributed by atoms with Gasteiger partial charge in [-0.2, -0.15) is 0 Å². The average molecular weight is 390 g/mol. The summed E-state index contributed by atoms with van der Waals surface area (Å²) in [4.78, 5) is 23.6. The fraction of sp³-hybridized carbons (Fsp3) is 0.263. The van der Waals surface area contributed by atoms with Gasteiger partial charge in [0.15, 0.2) is 0 Å². The van der Waals surface area contributed by atoms with Crippen LogP contribution in [0, 0.1) is 13.8 Å². The molecule has 2 aromatic rings. The zero-order chi connectivity index (χ0) is 20.2. The van der Waals surface area contributed by atoms with Gasteiger partial charge >= 0.3 is 5.97 Å². The maximum Gasteiger partial charge on any atom is 0.336 e. The van der Waals surface area contributed by atoms with Crippen LogP contribution in [0.3, 0.4) is 0 Å². The second-order valence-corrected chi connectivity index (χ2v) is 8.07. The van der Waals surface area contributed by atoms with Gasteiger partial charge in [-0.05, 0) is 62.2 Å². The fourth-order valence-corrected chi connectivity index (χ4v) is 3.37. The molecule has 0 heterocycles. The minimum absolute atomic E-state index is 0.150. The van der Waals surface area contributed by atoms with E-state index in [0.29, 0.717) is 17.7 Å². The van der Waals surface area contributed by atoms with Crippen LogP contribution in [0.4, 0.5) is 5.69 Å². The summed E-state index contributed by atoms with van der Waals surface area (Å²) in [6.45, 7) is 3.51. The van der Waals surface area contributed by atoms with Crippen LogP contribution in [0.1, 0.15) is 33.5 Å². The molecule has 0 aliphatic carbocycles. The van der Waals surface area contributed by atoms with Crippen LogP contribution in [0.2, 0.25) is 0 Å². The maximum atomic E-state index is 12.2. The Kier molecular flexibility index (Phi) is 6.35. The summed E-state index contributed by atoms with van der Waals surface area (Å²) < 4.78 is 25.6. The number of hydrogen-bond acceptors (Lipinski definition) is 4. The van der Waals surface area contributed by atoms with E-state index in [9.17, 15) is 23.1 Å². The number of rotatable bonds is 7. The molecule has 0 aromatic heterocycles. The minimum Gasteiger partial charge on any atom is -0.478 e. The summed E-state index contributed by atoms with van der Waals surface area (Å²) >= 11 is 0. The number of hydrogen-bond donors (Lipinski definition) is 3. The van der Waals surface area contributed by atoms with Crippen molar-refractivity contribution in [2.45, 2.75) is 31.6 Å². The van der Waals surface area contributed by atoms with Crippen LogP contribution < -0.4 is 10.0 Å². The lowest BCUT2D eigenvalue weighted by atomic mass is 10.0. The summed E-state index contributed by atoms with van der Waals surface area (Å²) in [5.41, 5.74) is 2.87. The Morgan fingerprint density at radius 2 is 1.67 bits per heavy atom. The van der Waals surface area contributed by atoms with Crippen LogP contribution in [0.15, 0.2) is 41.3 Å². The predicted octanol–water partition coefficient (Wildman–Crippen LogP) is 2.48. The van der Waals surface area contributed by atoms with E-state index in [0.717, 1.165) is 11.1 Å². The van der Waals surface area contributed by atoms with E-state index >= 15 is 0 Å². The molecular weight excluding hydrogens is 368 g/mol. The molecule has 2 rings (SSSR count). The van der Waals surface area contributed by atoms with Gasteiger partial charge in [-0.3, -0.25) is 4.79 Å². The normalized spacial score (nSPS) is 11.2. The van der Waals surface area contributed by atoms with E-state index in [1.165, 1.54) is 25.2 Å². The summed E-state index contributed by atoms with van der Waals surface area (Å²) in [5, 5.41) is 11.9. The monoisotopic (exact) mass is 390 g/mol. The highest BCUT2D eigenvalue weighted by Crippen LogP contribution is 2.21. The molecular formula is C19H22N2O5S. The number of anilines is 1. The standard InChI is InChI=1S/C19H22N2O5S/c1-12-10-13(2)17(11-16(12)19(23)24)21-18(22)9-6-14-4-7-15(8-5-14)27(25,26)20-3/h4-5,7-8,10-11,20H,6,9H2,1-3H3,(H,21,22)(H,23,24). The molecule has 8 heteroatoms. The molecule has 0 unspecified atom stereocenters. The van der Waals surface area contributed by atoms with Crippen LogP contribution in [0.25, 0.3) is 0 Å². The summed E-state index contributed by atoms with van der Waals surface area (Å²) in [7, 11) is -2.14. The van der Waals surface area contributed by atoms with Crippen molar-refractivity contribution in [1.29, 1.82) is 0 Å². The lowest BCUT2D eigenvalue weighted by Gasteiger charge is -2.11. The fourth-order valence-electron chi connectivity index (χ4n) is 2.64. The number of carbonyl (C=O) groups excluding carboxylic acids is 1. The quantitative estimate of drug-likeness (QED) is 0.672. The molecule has 0 bridgehead atoms. The minimum atomic E-state index is -3.48. The molecule has 27 heavy (non-hydrogen) atoms. The second-order valence-electron chi connectivity index (χ2n) is 6.19. The van der Waals surface area contributed by atoms with Crippen molar-refractivity contribution in [2.24, 2.45) is 0 Å². The number of aryl methyl sites for hydroxylation is 3. The molecule has 0 atom stereocenters.